The first kappa shape index (κ1) is 26.9. The molecule has 8 nitrogen and oxygen atoms in total. The van der Waals surface area contributed by atoms with Crippen molar-refractivity contribution in [2.45, 2.75) is 19.4 Å². The van der Waals surface area contributed by atoms with Crippen LogP contribution < -0.4 is 15.5 Å². The Morgan fingerprint density at radius 3 is 2.17 bits per heavy atom. The highest BCUT2D eigenvalue weighted by Gasteiger charge is 2.20. The number of amides is 2. The minimum atomic E-state index is -0.226. The van der Waals surface area contributed by atoms with Crippen molar-refractivity contribution in [1.29, 1.82) is 0 Å². The number of piperidine rings is 1. The SMILES string of the molecule is O=C(Nc1ccc(C(=O)c2ccc(CNC(=O)c3ccc[nH]3)cc2)cc1)c1ccc(N2CCCC(CO)C2)cc1. The molecule has 1 aromatic heterocycles. The van der Waals surface area contributed by atoms with Crippen LogP contribution in [0.3, 0.4) is 0 Å². The highest BCUT2D eigenvalue weighted by Crippen LogP contribution is 2.24. The maximum absolute atomic E-state index is 13.0. The first-order valence-electron chi connectivity index (χ1n) is 13.4. The average Bonchev–Trinajstić information content (AvgIpc) is 3.56. The zero-order valence-electron chi connectivity index (χ0n) is 22.1. The Morgan fingerprint density at radius 2 is 1.52 bits per heavy atom. The number of H-pyrrole nitrogens is 1. The Kier molecular flexibility index (Phi) is 8.37. The fourth-order valence-corrected chi connectivity index (χ4v) is 4.87. The van der Waals surface area contributed by atoms with E-state index < -0.39 is 0 Å². The van der Waals surface area contributed by atoms with E-state index in [4.69, 9.17) is 0 Å². The minimum Gasteiger partial charge on any atom is -0.396 e. The maximum Gasteiger partial charge on any atom is 0.267 e. The predicted octanol–water partition coefficient (Wildman–Crippen LogP) is 4.64. The van der Waals surface area contributed by atoms with E-state index in [1.165, 1.54) is 0 Å². The van der Waals surface area contributed by atoms with Crippen molar-refractivity contribution in [3.63, 3.8) is 0 Å². The second-order valence-electron chi connectivity index (χ2n) is 10.0. The molecule has 1 saturated heterocycles. The quantitative estimate of drug-likeness (QED) is 0.233. The third-order valence-corrected chi connectivity index (χ3v) is 7.19. The number of aliphatic hydroxyl groups excluding tert-OH is 1. The van der Waals surface area contributed by atoms with Crippen LogP contribution >= 0.6 is 0 Å². The molecule has 40 heavy (non-hydrogen) atoms. The Bertz CT molecular complexity index is 1450. The van der Waals surface area contributed by atoms with Crippen LogP contribution in [0.5, 0.6) is 0 Å². The summed E-state index contributed by atoms with van der Waals surface area (Å²) in [6, 6.07) is 24.9. The number of nitrogens with zero attached hydrogens (tertiary/aromatic N) is 1. The van der Waals surface area contributed by atoms with Crippen LogP contribution in [0.2, 0.25) is 0 Å². The van der Waals surface area contributed by atoms with Crippen molar-refractivity contribution >= 4 is 29.0 Å². The second kappa shape index (κ2) is 12.4. The standard InChI is InChI=1S/C32H32N4O4/c37-21-23-3-2-18-36(20-23)28-15-11-26(12-16-28)31(39)35-27-13-9-25(10-14-27)30(38)24-7-5-22(6-8-24)19-34-32(40)29-4-1-17-33-29/h1,4-17,23,33,37H,2-3,18-21H2,(H,34,40)(H,35,39). The van der Waals surface area contributed by atoms with E-state index >= 15 is 0 Å². The van der Waals surface area contributed by atoms with Gasteiger partial charge in [0.1, 0.15) is 5.69 Å². The topological polar surface area (TPSA) is 115 Å². The Hall–Kier alpha value is -4.69. The van der Waals surface area contributed by atoms with E-state index in [0.29, 0.717) is 40.5 Å². The molecule has 3 aromatic carbocycles. The zero-order valence-corrected chi connectivity index (χ0v) is 22.1. The van der Waals surface area contributed by atoms with E-state index in [-0.39, 0.29) is 24.2 Å². The Labute approximate surface area is 233 Å². The summed E-state index contributed by atoms with van der Waals surface area (Å²) in [6.07, 6.45) is 3.78. The fourth-order valence-electron chi connectivity index (χ4n) is 4.87. The van der Waals surface area contributed by atoms with E-state index in [1.54, 1.807) is 66.9 Å². The third kappa shape index (κ3) is 6.47. The molecule has 4 aromatic rings. The number of hydrogen-bond donors (Lipinski definition) is 4. The summed E-state index contributed by atoms with van der Waals surface area (Å²) in [7, 11) is 0. The Balaban J connectivity index is 1.14. The molecule has 5 rings (SSSR count). The molecule has 1 aliphatic heterocycles. The van der Waals surface area contributed by atoms with E-state index in [9.17, 15) is 19.5 Å². The van der Waals surface area contributed by atoms with Gasteiger partial charge in [-0.1, -0.05) is 24.3 Å². The molecule has 1 aliphatic rings. The molecule has 0 saturated carbocycles. The number of carbonyl (C=O) groups is 3. The summed E-state index contributed by atoms with van der Waals surface area (Å²) in [6.45, 7) is 2.32. The summed E-state index contributed by atoms with van der Waals surface area (Å²) < 4.78 is 0. The fraction of sp³-hybridized carbons (Fsp3) is 0.219. The Morgan fingerprint density at radius 1 is 0.850 bits per heavy atom. The molecule has 0 spiro atoms. The number of ketones is 1. The molecule has 0 bridgehead atoms. The molecule has 1 unspecified atom stereocenters. The summed E-state index contributed by atoms with van der Waals surface area (Å²) >= 11 is 0. The van der Waals surface area contributed by atoms with Crippen molar-refractivity contribution in [3.05, 3.63) is 119 Å². The lowest BCUT2D eigenvalue weighted by molar-refractivity contribution is 0.0945. The molecule has 1 atom stereocenters. The lowest BCUT2D eigenvalue weighted by Gasteiger charge is -2.33. The zero-order chi connectivity index (χ0) is 27.9. The first-order valence-corrected chi connectivity index (χ1v) is 13.4. The van der Waals surface area contributed by atoms with Gasteiger partial charge in [-0.05, 0) is 85.0 Å². The summed E-state index contributed by atoms with van der Waals surface area (Å²) in [5, 5.41) is 15.2. The van der Waals surface area contributed by atoms with Crippen LogP contribution in [-0.4, -0.2) is 47.4 Å². The lowest BCUT2D eigenvalue weighted by atomic mass is 9.98. The van der Waals surface area contributed by atoms with Crippen LogP contribution in [0, 0.1) is 5.92 Å². The highest BCUT2D eigenvalue weighted by molar-refractivity contribution is 6.09. The highest BCUT2D eigenvalue weighted by atomic mass is 16.3. The molecule has 2 heterocycles. The number of carbonyl (C=O) groups excluding carboxylic acids is 3. The summed E-state index contributed by atoms with van der Waals surface area (Å²) in [5.41, 5.74) is 4.62. The number of aromatic nitrogens is 1. The van der Waals surface area contributed by atoms with Gasteiger partial charge in [-0.3, -0.25) is 14.4 Å². The number of rotatable bonds is 9. The number of anilines is 2. The molecular formula is C32H32N4O4. The monoisotopic (exact) mass is 536 g/mol. The molecule has 1 fully saturated rings. The number of aliphatic hydroxyl groups is 1. The van der Waals surface area contributed by atoms with E-state index in [0.717, 1.165) is 37.2 Å². The van der Waals surface area contributed by atoms with Gasteiger partial charge in [0.15, 0.2) is 5.78 Å². The number of aromatic amines is 1. The van der Waals surface area contributed by atoms with Gasteiger partial charge in [0.25, 0.3) is 11.8 Å². The molecule has 0 radical (unpaired) electrons. The van der Waals surface area contributed by atoms with Crippen LogP contribution in [0.4, 0.5) is 11.4 Å². The van der Waals surface area contributed by atoms with Gasteiger partial charge >= 0.3 is 0 Å². The maximum atomic E-state index is 13.0. The number of hydrogen-bond acceptors (Lipinski definition) is 5. The van der Waals surface area contributed by atoms with Crippen LogP contribution in [0.15, 0.2) is 91.1 Å². The third-order valence-electron chi connectivity index (χ3n) is 7.19. The normalized spacial score (nSPS) is 14.9. The number of benzene rings is 3. The molecule has 0 aliphatic carbocycles. The van der Waals surface area contributed by atoms with Crippen molar-refractivity contribution < 1.29 is 19.5 Å². The van der Waals surface area contributed by atoms with Gasteiger partial charge in [-0.25, -0.2) is 0 Å². The van der Waals surface area contributed by atoms with Crippen LogP contribution in [-0.2, 0) is 6.54 Å². The lowest BCUT2D eigenvalue weighted by Crippen LogP contribution is -2.36. The molecule has 2 amide bonds. The van der Waals surface area contributed by atoms with Gasteiger partial charge in [0.2, 0.25) is 0 Å². The van der Waals surface area contributed by atoms with Gasteiger partial charge in [-0.15, -0.1) is 0 Å². The predicted molar refractivity (Wildman–Crippen MR) is 155 cm³/mol. The molecule has 8 heteroatoms. The summed E-state index contributed by atoms with van der Waals surface area (Å²) in [5.74, 6) is -0.253. The van der Waals surface area contributed by atoms with Gasteiger partial charge in [-0.2, -0.15) is 0 Å². The van der Waals surface area contributed by atoms with Gasteiger partial charge in [0.05, 0.1) is 0 Å². The molecule has 204 valence electrons. The van der Waals surface area contributed by atoms with E-state index in [1.807, 2.05) is 24.3 Å². The van der Waals surface area contributed by atoms with Crippen LogP contribution in [0.1, 0.15) is 55.2 Å². The first-order chi connectivity index (χ1) is 19.5. The van der Waals surface area contributed by atoms with Gasteiger partial charge < -0.3 is 25.6 Å². The largest absolute Gasteiger partial charge is 0.396 e. The average molecular weight is 537 g/mol. The van der Waals surface area contributed by atoms with Crippen LogP contribution in [0.25, 0.3) is 0 Å². The van der Waals surface area contributed by atoms with Crippen molar-refractivity contribution in [2.24, 2.45) is 5.92 Å². The summed E-state index contributed by atoms with van der Waals surface area (Å²) in [4.78, 5) is 42.9. The molecule has 4 N–H and O–H groups in total. The minimum absolute atomic E-state index is 0.128. The van der Waals surface area contributed by atoms with Crippen molar-refractivity contribution in [2.75, 3.05) is 29.9 Å². The second-order valence-corrected chi connectivity index (χ2v) is 10.0. The van der Waals surface area contributed by atoms with Gasteiger partial charge in [0, 0.05) is 60.5 Å². The smallest absolute Gasteiger partial charge is 0.267 e. The van der Waals surface area contributed by atoms with E-state index in [2.05, 4.69) is 20.5 Å². The number of nitrogens with one attached hydrogen (secondary N) is 3. The van der Waals surface area contributed by atoms with Crippen molar-refractivity contribution in [1.82, 2.24) is 10.3 Å². The van der Waals surface area contributed by atoms with Crippen molar-refractivity contribution in [3.8, 4) is 0 Å². The molecular weight excluding hydrogens is 504 g/mol.